The van der Waals surface area contributed by atoms with Gasteiger partial charge in [-0.15, -0.1) is 0 Å². The third-order valence-electron chi connectivity index (χ3n) is 2.28. The second kappa shape index (κ2) is 6.83. The molecule has 1 aliphatic carbocycles. The zero-order valence-electron chi connectivity index (χ0n) is 9.32. The van der Waals surface area contributed by atoms with Gasteiger partial charge in [0.2, 0.25) is 0 Å². The standard InChI is InChI=1S/C10H12.C5H6/c1-3-9-5-7-10(4-2)8-6-9;1-2-4-5-3-1/h3,5-8H,1,4H2,2H3;1-4H,5H2. The van der Waals surface area contributed by atoms with E-state index >= 15 is 0 Å². The highest BCUT2D eigenvalue weighted by atomic mass is 13.9. The van der Waals surface area contributed by atoms with Gasteiger partial charge in [0.15, 0.2) is 0 Å². The molecule has 0 fully saturated rings. The van der Waals surface area contributed by atoms with Crippen LogP contribution in [0.25, 0.3) is 6.08 Å². The second-order valence-corrected chi connectivity index (χ2v) is 3.39. The molecule has 1 aromatic carbocycles. The minimum Gasteiger partial charge on any atom is -0.0985 e. The van der Waals surface area contributed by atoms with E-state index in [0.717, 1.165) is 12.8 Å². The van der Waals surface area contributed by atoms with Crippen molar-refractivity contribution in [2.24, 2.45) is 0 Å². The summed E-state index contributed by atoms with van der Waals surface area (Å²) in [5.74, 6) is 0. The number of hydrogen-bond acceptors (Lipinski definition) is 0. The lowest BCUT2D eigenvalue weighted by atomic mass is 10.1. The fourth-order valence-electron chi connectivity index (χ4n) is 1.28. The molecule has 0 aliphatic heterocycles. The lowest BCUT2D eigenvalue weighted by Crippen LogP contribution is -1.78. The monoisotopic (exact) mass is 198 g/mol. The van der Waals surface area contributed by atoms with Crippen LogP contribution in [0.2, 0.25) is 0 Å². The molecule has 0 aromatic heterocycles. The number of allylic oxidation sites excluding steroid dienone is 4. The van der Waals surface area contributed by atoms with E-state index < -0.39 is 0 Å². The van der Waals surface area contributed by atoms with E-state index in [0.29, 0.717) is 0 Å². The lowest BCUT2D eigenvalue weighted by molar-refractivity contribution is 1.14. The molecule has 0 N–H and O–H groups in total. The molecule has 0 saturated heterocycles. The van der Waals surface area contributed by atoms with Crippen molar-refractivity contribution < 1.29 is 0 Å². The fraction of sp³-hybridized carbons (Fsp3) is 0.200. The molecule has 0 heterocycles. The maximum atomic E-state index is 3.69. The molecule has 2 rings (SSSR count). The predicted molar refractivity (Wildman–Crippen MR) is 68.8 cm³/mol. The van der Waals surface area contributed by atoms with Gasteiger partial charge in [-0.05, 0) is 24.0 Å². The highest BCUT2D eigenvalue weighted by Gasteiger charge is 1.86. The van der Waals surface area contributed by atoms with Crippen LogP contribution in [0.5, 0.6) is 0 Å². The van der Waals surface area contributed by atoms with Crippen molar-refractivity contribution in [2.75, 3.05) is 0 Å². The van der Waals surface area contributed by atoms with Crippen molar-refractivity contribution in [1.82, 2.24) is 0 Å². The van der Waals surface area contributed by atoms with Crippen LogP contribution in [0.1, 0.15) is 24.5 Å². The molecule has 0 amide bonds. The molecule has 0 spiro atoms. The summed E-state index contributed by atoms with van der Waals surface area (Å²) in [5, 5.41) is 0. The van der Waals surface area contributed by atoms with Crippen LogP contribution in [0.15, 0.2) is 55.1 Å². The van der Waals surface area contributed by atoms with Crippen LogP contribution in [-0.4, -0.2) is 0 Å². The summed E-state index contributed by atoms with van der Waals surface area (Å²) in [6.45, 7) is 5.84. The van der Waals surface area contributed by atoms with Gasteiger partial charge in [0.1, 0.15) is 0 Å². The van der Waals surface area contributed by atoms with Gasteiger partial charge in [-0.25, -0.2) is 0 Å². The van der Waals surface area contributed by atoms with Gasteiger partial charge >= 0.3 is 0 Å². The highest BCUT2D eigenvalue weighted by Crippen LogP contribution is 2.05. The van der Waals surface area contributed by atoms with Crippen molar-refractivity contribution in [3.8, 4) is 0 Å². The SMILES string of the molecule is C1=CCC=C1.C=Cc1ccc(CC)cc1. The maximum Gasteiger partial charge on any atom is -0.0163 e. The smallest absolute Gasteiger partial charge is 0.0163 e. The molecule has 15 heavy (non-hydrogen) atoms. The number of aryl methyl sites for hydroxylation is 1. The van der Waals surface area contributed by atoms with E-state index in [1.807, 2.05) is 6.08 Å². The third kappa shape index (κ3) is 4.46. The Hall–Kier alpha value is -1.56. The summed E-state index contributed by atoms with van der Waals surface area (Å²) < 4.78 is 0. The zero-order chi connectivity index (χ0) is 10.9. The van der Waals surface area contributed by atoms with Gasteiger partial charge in [0.05, 0.1) is 0 Å². The molecule has 0 saturated carbocycles. The van der Waals surface area contributed by atoms with Gasteiger partial charge in [0, 0.05) is 0 Å². The second-order valence-electron chi connectivity index (χ2n) is 3.39. The van der Waals surface area contributed by atoms with E-state index in [-0.39, 0.29) is 0 Å². The zero-order valence-corrected chi connectivity index (χ0v) is 9.32. The van der Waals surface area contributed by atoms with Crippen molar-refractivity contribution in [2.45, 2.75) is 19.8 Å². The molecule has 0 radical (unpaired) electrons. The van der Waals surface area contributed by atoms with E-state index in [2.05, 4.69) is 62.1 Å². The Morgan fingerprint density at radius 3 is 2.07 bits per heavy atom. The molecule has 0 unspecified atom stereocenters. The normalized spacial score (nSPS) is 12.1. The summed E-state index contributed by atoms with van der Waals surface area (Å²) in [4.78, 5) is 0. The topological polar surface area (TPSA) is 0 Å². The van der Waals surface area contributed by atoms with Crippen molar-refractivity contribution >= 4 is 6.08 Å². The van der Waals surface area contributed by atoms with Gasteiger partial charge < -0.3 is 0 Å². The first-order valence-corrected chi connectivity index (χ1v) is 5.40. The molecule has 0 atom stereocenters. The van der Waals surface area contributed by atoms with E-state index in [4.69, 9.17) is 0 Å². The van der Waals surface area contributed by atoms with E-state index in [9.17, 15) is 0 Å². The first-order chi connectivity index (χ1) is 7.36. The van der Waals surface area contributed by atoms with Crippen molar-refractivity contribution in [3.63, 3.8) is 0 Å². The maximum absolute atomic E-state index is 3.69. The van der Waals surface area contributed by atoms with Gasteiger partial charge in [-0.2, -0.15) is 0 Å². The average Bonchev–Trinajstić information content (AvgIpc) is 2.88. The van der Waals surface area contributed by atoms with Gasteiger partial charge in [-0.1, -0.05) is 68.1 Å². The Morgan fingerprint density at radius 2 is 1.73 bits per heavy atom. The number of rotatable bonds is 2. The first-order valence-electron chi connectivity index (χ1n) is 5.40. The van der Waals surface area contributed by atoms with Gasteiger partial charge in [-0.3, -0.25) is 0 Å². The van der Waals surface area contributed by atoms with Crippen molar-refractivity contribution in [3.05, 3.63) is 66.3 Å². The highest BCUT2D eigenvalue weighted by molar-refractivity contribution is 5.47. The third-order valence-corrected chi connectivity index (χ3v) is 2.28. The number of hydrogen-bond donors (Lipinski definition) is 0. The molecule has 0 nitrogen and oxygen atoms in total. The summed E-state index contributed by atoms with van der Waals surface area (Å²) >= 11 is 0. The summed E-state index contributed by atoms with van der Waals surface area (Å²) in [6.07, 6.45) is 12.5. The largest absolute Gasteiger partial charge is 0.0985 e. The van der Waals surface area contributed by atoms with Crippen LogP contribution >= 0.6 is 0 Å². The average molecular weight is 198 g/mol. The Labute approximate surface area is 92.6 Å². The Morgan fingerprint density at radius 1 is 1.13 bits per heavy atom. The van der Waals surface area contributed by atoms with Crippen LogP contribution in [-0.2, 0) is 6.42 Å². The Balaban J connectivity index is 0.000000187. The molecule has 78 valence electrons. The molecule has 0 bridgehead atoms. The lowest BCUT2D eigenvalue weighted by Gasteiger charge is -1.95. The summed E-state index contributed by atoms with van der Waals surface area (Å²) in [7, 11) is 0. The van der Waals surface area contributed by atoms with Crippen LogP contribution in [0.4, 0.5) is 0 Å². The molecular weight excluding hydrogens is 180 g/mol. The molecule has 1 aromatic rings. The Bertz CT molecular complexity index is 329. The summed E-state index contributed by atoms with van der Waals surface area (Å²) in [6, 6.07) is 8.45. The minimum atomic E-state index is 1.11. The molecular formula is C15H18. The van der Waals surface area contributed by atoms with E-state index in [1.165, 1.54) is 11.1 Å². The minimum absolute atomic E-state index is 1.11. The molecule has 1 aliphatic rings. The van der Waals surface area contributed by atoms with Gasteiger partial charge in [0.25, 0.3) is 0 Å². The van der Waals surface area contributed by atoms with E-state index in [1.54, 1.807) is 0 Å². The molecule has 0 heteroatoms. The van der Waals surface area contributed by atoms with Crippen LogP contribution in [0.3, 0.4) is 0 Å². The number of benzene rings is 1. The van der Waals surface area contributed by atoms with Crippen molar-refractivity contribution in [1.29, 1.82) is 0 Å². The van der Waals surface area contributed by atoms with Crippen LogP contribution < -0.4 is 0 Å². The predicted octanol–water partition coefficient (Wildman–Crippen LogP) is 4.39. The summed E-state index contributed by atoms with van der Waals surface area (Å²) in [5.41, 5.74) is 2.57. The fourth-order valence-corrected chi connectivity index (χ4v) is 1.28. The first kappa shape index (κ1) is 11.5. The van der Waals surface area contributed by atoms with Crippen LogP contribution in [0, 0.1) is 0 Å². The quantitative estimate of drug-likeness (QED) is 0.661. The Kier molecular flexibility index (Phi) is 5.24.